The van der Waals surface area contributed by atoms with E-state index in [1.165, 1.54) is 0 Å². The lowest BCUT2D eigenvalue weighted by Gasteiger charge is -2.26. The smallest absolute Gasteiger partial charge is 0.220 e. The summed E-state index contributed by atoms with van der Waals surface area (Å²) in [7, 11) is 3.22. The van der Waals surface area contributed by atoms with Crippen LogP contribution in [0.1, 0.15) is 12.0 Å². The Balaban J connectivity index is 1.69. The van der Waals surface area contributed by atoms with Crippen molar-refractivity contribution in [1.29, 1.82) is 0 Å². The molecule has 0 bridgehead atoms. The number of carbonyl (C=O) groups excluding carboxylic acids is 1. The molecule has 0 radical (unpaired) electrons. The minimum atomic E-state index is 0.0769. The van der Waals surface area contributed by atoms with Crippen LogP contribution in [0.4, 0.5) is 0 Å². The van der Waals surface area contributed by atoms with Gasteiger partial charge in [-0.2, -0.15) is 0 Å². The van der Waals surface area contributed by atoms with Gasteiger partial charge in [0, 0.05) is 32.6 Å². The molecule has 1 aromatic carbocycles. The van der Waals surface area contributed by atoms with Crippen molar-refractivity contribution in [3.8, 4) is 11.5 Å². The zero-order chi connectivity index (χ0) is 16.5. The van der Waals surface area contributed by atoms with Crippen molar-refractivity contribution in [3.63, 3.8) is 0 Å². The summed E-state index contributed by atoms with van der Waals surface area (Å²) < 4.78 is 15.8. The number of methoxy groups -OCH3 is 2. The Bertz CT molecular complexity index is 501. The van der Waals surface area contributed by atoms with Crippen LogP contribution in [0.5, 0.6) is 11.5 Å². The maximum Gasteiger partial charge on any atom is 0.220 e. The Labute approximate surface area is 137 Å². The van der Waals surface area contributed by atoms with E-state index in [1.807, 2.05) is 18.2 Å². The van der Waals surface area contributed by atoms with Gasteiger partial charge >= 0.3 is 0 Å². The third kappa shape index (κ3) is 5.73. The van der Waals surface area contributed by atoms with Crippen molar-refractivity contribution >= 4 is 5.91 Å². The fraction of sp³-hybridized carbons (Fsp3) is 0.588. The molecule has 1 aliphatic heterocycles. The molecular weight excluding hydrogens is 296 g/mol. The Kier molecular flexibility index (Phi) is 7.16. The Morgan fingerprint density at radius 1 is 1.22 bits per heavy atom. The maximum absolute atomic E-state index is 11.9. The van der Waals surface area contributed by atoms with Gasteiger partial charge in [0.25, 0.3) is 0 Å². The second-order valence-corrected chi connectivity index (χ2v) is 5.49. The maximum atomic E-state index is 11.9. The van der Waals surface area contributed by atoms with Crippen LogP contribution in [-0.2, 0) is 16.0 Å². The molecule has 2 rings (SSSR count). The van der Waals surface area contributed by atoms with Crippen LogP contribution < -0.4 is 14.8 Å². The summed E-state index contributed by atoms with van der Waals surface area (Å²) in [4.78, 5) is 14.2. The molecule has 23 heavy (non-hydrogen) atoms. The summed E-state index contributed by atoms with van der Waals surface area (Å²) in [6.07, 6.45) is 1.16. The van der Waals surface area contributed by atoms with E-state index in [1.54, 1.807) is 14.2 Å². The normalized spacial score (nSPS) is 15.2. The highest BCUT2D eigenvalue weighted by Gasteiger charge is 2.10. The van der Waals surface area contributed by atoms with Gasteiger partial charge in [0.1, 0.15) is 0 Å². The number of carbonyl (C=O) groups is 1. The standard InChI is InChI=1S/C17H26N2O4/c1-21-15-5-3-14(13-16(15)22-2)4-6-17(20)18-7-8-19-9-11-23-12-10-19/h3,5,13H,4,6-12H2,1-2H3,(H,18,20). The molecule has 1 heterocycles. The van der Waals surface area contributed by atoms with Crippen LogP contribution in [0, 0.1) is 0 Å². The summed E-state index contributed by atoms with van der Waals surface area (Å²) in [5.74, 6) is 1.47. The van der Waals surface area contributed by atoms with E-state index in [0.717, 1.165) is 38.4 Å². The first-order valence-corrected chi connectivity index (χ1v) is 8.00. The molecule has 6 heteroatoms. The number of nitrogens with zero attached hydrogens (tertiary/aromatic N) is 1. The van der Waals surface area contributed by atoms with Crippen LogP contribution in [-0.4, -0.2) is 64.4 Å². The van der Waals surface area contributed by atoms with Gasteiger partial charge in [-0.15, -0.1) is 0 Å². The fourth-order valence-corrected chi connectivity index (χ4v) is 2.56. The molecule has 1 N–H and O–H groups in total. The van der Waals surface area contributed by atoms with E-state index in [4.69, 9.17) is 14.2 Å². The molecule has 1 aromatic rings. The van der Waals surface area contributed by atoms with Crippen molar-refractivity contribution in [3.05, 3.63) is 23.8 Å². The summed E-state index contributed by atoms with van der Waals surface area (Å²) in [6.45, 7) is 5.03. The molecule has 1 aliphatic rings. The lowest BCUT2D eigenvalue weighted by atomic mass is 10.1. The van der Waals surface area contributed by atoms with E-state index in [2.05, 4.69) is 10.2 Å². The molecule has 128 valence electrons. The zero-order valence-electron chi connectivity index (χ0n) is 14.0. The zero-order valence-corrected chi connectivity index (χ0v) is 14.0. The van der Waals surface area contributed by atoms with E-state index in [-0.39, 0.29) is 5.91 Å². The van der Waals surface area contributed by atoms with E-state index >= 15 is 0 Å². The number of nitrogens with one attached hydrogen (secondary N) is 1. The molecule has 6 nitrogen and oxygen atoms in total. The first kappa shape index (κ1) is 17.6. The predicted octanol–water partition coefficient (Wildman–Crippen LogP) is 1.08. The van der Waals surface area contributed by atoms with Crippen LogP contribution in [0.3, 0.4) is 0 Å². The summed E-state index contributed by atoms with van der Waals surface area (Å²) >= 11 is 0. The van der Waals surface area contributed by atoms with Crippen LogP contribution in [0.2, 0.25) is 0 Å². The first-order chi connectivity index (χ1) is 11.2. The third-order valence-electron chi connectivity index (χ3n) is 3.94. The van der Waals surface area contributed by atoms with Crippen LogP contribution in [0.15, 0.2) is 18.2 Å². The summed E-state index contributed by atoms with van der Waals surface area (Å²) in [5.41, 5.74) is 1.06. The van der Waals surface area contributed by atoms with Crippen molar-refractivity contribution in [2.24, 2.45) is 0 Å². The number of amides is 1. The average Bonchev–Trinajstić information content (AvgIpc) is 2.60. The quantitative estimate of drug-likeness (QED) is 0.776. The lowest BCUT2D eigenvalue weighted by molar-refractivity contribution is -0.121. The van der Waals surface area contributed by atoms with E-state index in [0.29, 0.717) is 30.9 Å². The van der Waals surface area contributed by atoms with Crippen LogP contribution in [0.25, 0.3) is 0 Å². The minimum Gasteiger partial charge on any atom is -0.493 e. The van der Waals surface area contributed by atoms with Crippen molar-refractivity contribution < 1.29 is 19.0 Å². The number of benzene rings is 1. The largest absolute Gasteiger partial charge is 0.493 e. The van der Waals surface area contributed by atoms with Crippen molar-refractivity contribution in [1.82, 2.24) is 10.2 Å². The molecule has 0 atom stereocenters. The first-order valence-electron chi connectivity index (χ1n) is 8.00. The molecule has 1 saturated heterocycles. The Morgan fingerprint density at radius 3 is 2.65 bits per heavy atom. The highest BCUT2D eigenvalue weighted by atomic mass is 16.5. The van der Waals surface area contributed by atoms with Gasteiger partial charge in [0.15, 0.2) is 11.5 Å². The number of ether oxygens (including phenoxy) is 3. The number of hydrogen-bond acceptors (Lipinski definition) is 5. The van der Waals surface area contributed by atoms with Crippen LogP contribution >= 0.6 is 0 Å². The molecule has 1 fully saturated rings. The van der Waals surface area contributed by atoms with E-state index < -0.39 is 0 Å². The number of morpholine rings is 1. The number of aryl methyl sites for hydroxylation is 1. The molecular formula is C17H26N2O4. The lowest BCUT2D eigenvalue weighted by Crippen LogP contribution is -2.41. The van der Waals surface area contributed by atoms with Gasteiger partial charge in [0.2, 0.25) is 5.91 Å². The molecule has 0 spiro atoms. The minimum absolute atomic E-state index is 0.0769. The van der Waals surface area contributed by atoms with Crippen molar-refractivity contribution in [2.75, 3.05) is 53.6 Å². The topological polar surface area (TPSA) is 60.0 Å². The molecule has 0 aliphatic carbocycles. The summed E-state index contributed by atoms with van der Waals surface area (Å²) in [6, 6.07) is 5.74. The Morgan fingerprint density at radius 2 is 1.96 bits per heavy atom. The van der Waals surface area contributed by atoms with Gasteiger partial charge in [-0.05, 0) is 24.1 Å². The number of rotatable bonds is 8. The summed E-state index contributed by atoms with van der Waals surface area (Å²) in [5, 5.41) is 2.97. The molecule has 1 amide bonds. The molecule has 0 saturated carbocycles. The average molecular weight is 322 g/mol. The highest BCUT2D eigenvalue weighted by molar-refractivity contribution is 5.76. The predicted molar refractivity (Wildman–Crippen MR) is 88.1 cm³/mol. The molecule has 0 aromatic heterocycles. The van der Waals surface area contributed by atoms with Gasteiger partial charge in [0.05, 0.1) is 27.4 Å². The monoisotopic (exact) mass is 322 g/mol. The van der Waals surface area contributed by atoms with Crippen molar-refractivity contribution in [2.45, 2.75) is 12.8 Å². The van der Waals surface area contributed by atoms with Gasteiger partial charge in [-0.25, -0.2) is 0 Å². The molecule has 0 unspecified atom stereocenters. The van der Waals surface area contributed by atoms with Gasteiger partial charge in [-0.3, -0.25) is 9.69 Å². The Hall–Kier alpha value is -1.79. The SMILES string of the molecule is COc1ccc(CCC(=O)NCCN2CCOCC2)cc1OC. The second kappa shape index (κ2) is 9.37. The van der Waals surface area contributed by atoms with Gasteiger partial charge in [-0.1, -0.05) is 6.07 Å². The third-order valence-corrected chi connectivity index (χ3v) is 3.94. The number of hydrogen-bond donors (Lipinski definition) is 1. The fourth-order valence-electron chi connectivity index (χ4n) is 2.56. The van der Waals surface area contributed by atoms with Gasteiger partial charge < -0.3 is 19.5 Å². The van der Waals surface area contributed by atoms with E-state index in [9.17, 15) is 4.79 Å². The highest BCUT2D eigenvalue weighted by Crippen LogP contribution is 2.27. The second-order valence-electron chi connectivity index (χ2n) is 5.49.